The van der Waals surface area contributed by atoms with Crippen molar-refractivity contribution in [2.24, 2.45) is 0 Å². The lowest BCUT2D eigenvalue weighted by Gasteiger charge is -2.01. The molecule has 0 atom stereocenters. The van der Waals surface area contributed by atoms with Gasteiger partial charge in [-0.1, -0.05) is 12.1 Å². The number of fused-ring (bicyclic) bond motifs is 3. The Hall–Kier alpha value is -1.77. The third-order valence-corrected chi connectivity index (χ3v) is 2.45. The number of hydrogen-bond acceptors (Lipinski definition) is 3. The lowest BCUT2D eigenvalue weighted by Crippen LogP contribution is -2.04. The summed E-state index contributed by atoms with van der Waals surface area (Å²) >= 11 is 0. The molecule has 0 saturated heterocycles. The Morgan fingerprint density at radius 2 is 2.07 bits per heavy atom. The molecule has 2 heterocycles. The zero-order valence-electron chi connectivity index (χ0n) is 7.45. The van der Waals surface area contributed by atoms with Gasteiger partial charge >= 0.3 is 5.63 Å². The second-order valence-electron chi connectivity index (χ2n) is 3.29. The van der Waals surface area contributed by atoms with Gasteiger partial charge in [0.25, 0.3) is 0 Å². The van der Waals surface area contributed by atoms with E-state index in [1.54, 1.807) is 6.07 Å². The predicted octanol–water partition coefficient (Wildman–Crippen LogP) is 1.73. The molecule has 0 amide bonds. The van der Waals surface area contributed by atoms with Gasteiger partial charge in [-0.15, -0.1) is 0 Å². The fourth-order valence-corrected chi connectivity index (χ4v) is 1.80. The predicted molar refractivity (Wildman–Crippen MR) is 51.7 cm³/mol. The van der Waals surface area contributed by atoms with Gasteiger partial charge in [-0.25, -0.2) is 4.79 Å². The molecule has 0 N–H and O–H groups in total. The summed E-state index contributed by atoms with van der Waals surface area (Å²) in [5, 5.41) is 0.889. The number of rotatable bonds is 0. The van der Waals surface area contributed by atoms with Crippen LogP contribution in [0.1, 0.15) is 5.56 Å². The first kappa shape index (κ1) is 7.62. The van der Waals surface area contributed by atoms with E-state index in [-0.39, 0.29) is 5.63 Å². The van der Waals surface area contributed by atoms with Crippen LogP contribution in [-0.2, 0) is 6.42 Å². The van der Waals surface area contributed by atoms with Crippen LogP contribution in [0.2, 0.25) is 0 Å². The minimum absolute atomic E-state index is 0.267. The van der Waals surface area contributed by atoms with E-state index in [0.717, 1.165) is 5.39 Å². The monoisotopic (exact) mass is 188 g/mol. The Kier molecular flexibility index (Phi) is 1.42. The van der Waals surface area contributed by atoms with Gasteiger partial charge in [-0.2, -0.15) is 0 Å². The van der Waals surface area contributed by atoms with Crippen LogP contribution in [0.4, 0.5) is 0 Å². The summed E-state index contributed by atoms with van der Waals surface area (Å²) in [5.74, 6) is 0.705. The van der Waals surface area contributed by atoms with Crippen molar-refractivity contribution in [2.75, 3.05) is 6.61 Å². The molecule has 0 radical (unpaired) electrons. The molecule has 2 aromatic rings. The average molecular weight is 188 g/mol. The van der Waals surface area contributed by atoms with Crippen LogP contribution < -0.4 is 10.4 Å². The quantitative estimate of drug-likeness (QED) is 0.591. The van der Waals surface area contributed by atoms with Gasteiger partial charge in [0, 0.05) is 6.42 Å². The Morgan fingerprint density at radius 3 is 3.00 bits per heavy atom. The summed E-state index contributed by atoms with van der Waals surface area (Å²) in [6.45, 7) is 0.577. The van der Waals surface area contributed by atoms with Crippen molar-refractivity contribution in [1.82, 2.24) is 0 Å². The molecular formula is C11H8O3. The minimum atomic E-state index is -0.267. The summed E-state index contributed by atoms with van der Waals surface area (Å²) in [5.41, 5.74) is 0.998. The molecule has 1 aliphatic rings. The highest BCUT2D eigenvalue weighted by Crippen LogP contribution is 2.30. The molecule has 0 saturated carbocycles. The van der Waals surface area contributed by atoms with Crippen LogP contribution in [-0.4, -0.2) is 6.61 Å². The van der Waals surface area contributed by atoms with Gasteiger partial charge in [-0.05, 0) is 12.1 Å². The summed E-state index contributed by atoms with van der Waals surface area (Å²) < 4.78 is 10.6. The number of hydrogen-bond donors (Lipinski definition) is 0. The maximum atomic E-state index is 11.5. The Bertz CT molecular complexity index is 554. The van der Waals surface area contributed by atoms with Crippen molar-refractivity contribution in [3.05, 3.63) is 40.2 Å². The second kappa shape index (κ2) is 2.61. The molecule has 1 aromatic heterocycles. The molecule has 0 spiro atoms. The van der Waals surface area contributed by atoms with E-state index in [0.29, 0.717) is 29.9 Å². The van der Waals surface area contributed by atoms with Crippen molar-refractivity contribution in [1.29, 1.82) is 0 Å². The van der Waals surface area contributed by atoms with Crippen molar-refractivity contribution < 1.29 is 9.15 Å². The third kappa shape index (κ3) is 0.894. The third-order valence-electron chi connectivity index (χ3n) is 2.45. The molecule has 3 rings (SSSR count). The van der Waals surface area contributed by atoms with Gasteiger partial charge in [0.05, 0.1) is 17.6 Å². The highest BCUT2D eigenvalue weighted by molar-refractivity contribution is 5.84. The second-order valence-corrected chi connectivity index (χ2v) is 3.29. The molecule has 1 aliphatic heterocycles. The van der Waals surface area contributed by atoms with Crippen LogP contribution in [0.5, 0.6) is 5.75 Å². The summed E-state index contributed by atoms with van der Waals surface area (Å²) in [6, 6.07) is 7.43. The van der Waals surface area contributed by atoms with Crippen LogP contribution in [0, 0.1) is 0 Å². The maximum Gasteiger partial charge on any atom is 0.343 e. The Labute approximate surface area is 79.9 Å². The largest absolute Gasteiger partial charge is 0.492 e. The van der Waals surface area contributed by atoms with E-state index in [9.17, 15) is 4.79 Å². The smallest absolute Gasteiger partial charge is 0.343 e. The first-order valence-electron chi connectivity index (χ1n) is 4.54. The molecule has 0 bridgehead atoms. The molecule has 14 heavy (non-hydrogen) atoms. The molecule has 0 aliphatic carbocycles. The first-order valence-corrected chi connectivity index (χ1v) is 4.54. The van der Waals surface area contributed by atoms with Crippen LogP contribution in [0.3, 0.4) is 0 Å². The van der Waals surface area contributed by atoms with Gasteiger partial charge in [0.15, 0.2) is 0 Å². The van der Waals surface area contributed by atoms with Crippen LogP contribution in [0.25, 0.3) is 11.0 Å². The standard InChI is InChI=1S/C11H8O3/c12-11-8-5-6-13-10(8)7-3-1-2-4-9(7)14-11/h1-4H,5-6H2. The van der Waals surface area contributed by atoms with E-state index in [4.69, 9.17) is 9.15 Å². The number of benzene rings is 1. The number of ether oxygens (including phenoxy) is 1. The maximum absolute atomic E-state index is 11.5. The van der Waals surface area contributed by atoms with Crippen LogP contribution >= 0.6 is 0 Å². The molecule has 3 heteroatoms. The van der Waals surface area contributed by atoms with Crippen molar-refractivity contribution in [3.8, 4) is 5.75 Å². The van der Waals surface area contributed by atoms with Gasteiger partial charge in [0.2, 0.25) is 0 Å². The van der Waals surface area contributed by atoms with Crippen molar-refractivity contribution in [2.45, 2.75) is 6.42 Å². The molecular weight excluding hydrogens is 180 g/mol. The lowest BCUT2D eigenvalue weighted by atomic mass is 10.1. The summed E-state index contributed by atoms with van der Waals surface area (Å²) in [4.78, 5) is 11.5. The Balaban J connectivity index is 2.52. The number of para-hydroxylation sites is 1. The van der Waals surface area contributed by atoms with E-state index < -0.39 is 0 Å². The van der Waals surface area contributed by atoms with Gasteiger partial charge in [-0.3, -0.25) is 0 Å². The van der Waals surface area contributed by atoms with Crippen LogP contribution in [0.15, 0.2) is 33.5 Å². The van der Waals surface area contributed by atoms with Crippen molar-refractivity contribution >= 4 is 11.0 Å². The van der Waals surface area contributed by atoms with E-state index in [2.05, 4.69) is 0 Å². The zero-order valence-corrected chi connectivity index (χ0v) is 7.45. The van der Waals surface area contributed by atoms with E-state index in [1.165, 1.54) is 0 Å². The van der Waals surface area contributed by atoms with Gasteiger partial charge in [0.1, 0.15) is 11.3 Å². The van der Waals surface area contributed by atoms with E-state index >= 15 is 0 Å². The molecule has 0 unspecified atom stereocenters. The molecule has 3 nitrogen and oxygen atoms in total. The SMILES string of the molecule is O=c1oc2ccccc2c2c1CCO2. The van der Waals surface area contributed by atoms with Gasteiger partial charge < -0.3 is 9.15 Å². The average Bonchev–Trinajstić information content (AvgIpc) is 2.67. The highest BCUT2D eigenvalue weighted by atomic mass is 16.5. The Morgan fingerprint density at radius 1 is 1.21 bits per heavy atom. The summed E-state index contributed by atoms with van der Waals surface area (Å²) in [6.07, 6.45) is 0.655. The summed E-state index contributed by atoms with van der Waals surface area (Å²) in [7, 11) is 0. The molecule has 0 fully saturated rings. The fraction of sp³-hybridized carbons (Fsp3) is 0.182. The van der Waals surface area contributed by atoms with E-state index in [1.807, 2.05) is 18.2 Å². The van der Waals surface area contributed by atoms with Crippen molar-refractivity contribution in [3.63, 3.8) is 0 Å². The molecule has 70 valence electrons. The topological polar surface area (TPSA) is 39.4 Å². The lowest BCUT2D eigenvalue weighted by molar-refractivity contribution is 0.360. The molecule has 1 aromatic carbocycles. The zero-order chi connectivity index (χ0) is 9.54. The fourth-order valence-electron chi connectivity index (χ4n) is 1.80. The highest BCUT2D eigenvalue weighted by Gasteiger charge is 2.20. The normalized spacial score (nSPS) is 14.0. The first-order chi connectivity index (χ1) is 6.86. The minimum Gasteiger partial charge on any atom is -0.492 e.